The Hall–Kier alpha value is -2.80. The first-order valence-electron chi connectivity index (χ1n) is 8.59. The quantitative estimate of drug-likeness (QED) is 0.792. The first kappa shape index (κ1) is 18.5. The fourth-order valence-corrected chi connectivity index (χ4v) is 2.80. The molecule has 4 heteroatoms. The molecule has 4 nitrogen and oxygen atoms in total. The minimum absolute atomic E-state index is 0.136. The van der Waals surface area contributed by atoms with Crippen LogP contribution >= 0.6 is 0 Å². The summed E-state index contributed by atoms with van der Waals surface area (Å²) in [7, 11) is 0. The molecule has 1 amide bonds. The fraction of sp³-hybridized carbons (Fsp3) is 0.333. The lowest BCUT2D eigenvalue weighted by Gasteiger charge is -2.20. The van der Waals surface area contributed by atoms with Crippen LogP contribution in [0.3, 0.4) is 0 Å². The van der Waals surface area contributed by atoms with Gasteiger partial charge in [-0.15, -0.1) is 0 Å². The Balaban J connectivity index is 2.12. The monoisotopic (exact) mass is 335 g/mol. The van der Waals surface area contributed by atoms with Crippen molar-refractivity contribution in [2.24, 2.45) is 0 Å². The molecule has 0 unspecified atom stereocenters. The van der Waals surface area contributed by atoms with Gasteiger partial charge < -0.3 is 10.6 Å². The molecule has 25 heavy (non-hydrogen) atoms. The number of hydrogen-bond donors (Lipinski definition) is 2. The van der Waals surface area contributed by atoms with Gasteiger partial charge in [0, 0.05) is 11.4 Å². The van der Waals surface area contributed by atoms with Crippen molar-refractivity contribution in [1.82, 2.24) is 0 Å². The highest BCUT2D eigenvalue weighted by Crippen LogP contribution is 2.32. The van der Waals surface area contributed by atoms with E-state index in [9.17, 15) is 4.79 Å². The van der Waals surface area contributed by atoms with Crippen LogP contribution in [-0.2, 0) is 4.79 Å². The third-order valence-electron chi connectivity index (χ3n) is 4.07. The van der Waals surface area contributed by atoms with Gasteiger partial charge in [0.1, 0.15) is 0 Å². The van der Waals surface area contributed by atoms with Crippen molar-refractivity contribution in [3.8, 4) is 6.07 Å². The van der Waals surface area contributed by atoms with Gasteiger partial charge in [-0.05, 0) is 41.2 Å². The van der Waals surface area contributed by atoms with Gasteiger partial charge in [0.25, 0.3) is 0 Å². The smallest absolute Gasteiger partial charge is 0.243 e. The van der Waals surface area contributed by atoms with Gasteiger partial charge >= 0.3 is 0 Å². The van der Waals surface area contributed by atoms with Gasteiger partial charge in [0.05, 0.1) is 18.2 Å². The maximum atomic E-state index is 12.3. The number of nitriles is 1. The minimum Gasteiger partial charge on any atom is -0.376 e. The number of hydrogen-bond acceptors (Lipinski definition) is 3. The zero-order valence-corrected chi connectivity index (χ0v) is 15.3. The lowest BCUT2D eigenvalue weighted by Crippen LogP contribution is -2.23. The predicted octanol–water partition coefficient (Wildman–Crippen LogP) is 4.86. The van der Waals surface area contributed by atoms with E-state index in [1.165, 1.54) is 11.1 Å². The molecule has 2 N–H and O–H groups in total. The number of carbonyl (C=O) groups excluding carboxylic acids is 1. The van der Waals surface area contributed by atoms with Gasteiger partial charge in [-0.25, -0.2) is 0 Å². The van der Waals surface area contributed by atoms with E-state index < -0.39 is 0 Å². The third-order valence-corrected chi connectivity index (χ3v) is 4.07. The predicted molar refractivity (Wildman–Crippen MR) is 103 cm³/mol. The largest absolute Gasteiger partial charge is 0.376 e. The Labute approximate surface area is 149 Å². The maximum absolute atomic E-state index is 12.3. The molecule has 0 spiro atoms. The number of carbonyl (C=O) groups is 1. The highest BCUT2D eigenvalue weighted by molar-refractivity contribution is 5.94. The van der Waals surface area contributed by atoms with E-state index in [-0.39, 0.29) is 12.5 Å². The van der Waals surface area contributed by atoms with Crippen LogP contribution in [0, 0.1) is 11.3 Å². The molecule has 2 rings (SSSR count). The van der Waals surface area contributed by atoms with Crippen LogP contribution in [0.15, 0.2) is 42.5 Å². The molecule has 0 bridgehead atoms. The topological polar surface area (TPSA) is 64.9 Å². The number of para-hydroxylation sites is 1. The zero-order chi connectivity index (χ0) is 18.4. The number of nitrogens with one attached hydrogen (secondary N) is 2. The maximum Gasteiger partial charge on any atom is 0.243 e. The summed E-state index contributed by atoms with van der Waals surface area (Å²) in [5.41, 5.74) is 4.63. The Bertz CT molecular complexity index is 762. The molecule has 2 aromatic carbocycles. The molecule has 0 aromatic heterocycles. The van der Waals surface area contributed by atoms with Crippen LogP contribution in [0.5, 0.6) is 0 Å². The third kappa shape index (κ3) is 4.84. The molecule has 0 aliphatic carbocycles. The van der Waals surface area contributed by atoms with Crippen molar-refractivity contribution in [2.75, 3.05) is 17.2 Å². The molecular weight excluding hydrogens is 310 g/mol. The summed E-state index contributed by atoms with van der Waals surface area (Å²) in [5, 5.41) is 15.1. The second-order valence-corrected chi connectivity index (χ2v) is 6.72. The molecular formula is C21H25N3O. The van der Waals surface area contributed by atoms with Crippen LogP contribution in [0.2, 0.25) is 0 Å². The van der Waals surface area contributed by atoms with Crippen molar-refractivity contribution in [1.29, 1.82) is 5.26 Å². The summed E-state index contributed by atoms with van der Waals surface area (Å²) in [6.07, 6.45) is 0. The standard InChI is InChI=1S/C21H25N3O/c1-14(2)18-9-6-10-19(15(3)4)21(18)23-13-20(25)24-17-8-5-7-16(11-17)12-22/h5-11,14-15,23H,13H2,1-4H3,(H,24,25). The average Bonchev–Trinajstić information content (AvgIpc) is 2.59. The average molecular weight is 335 g/mol. The van der Waals surface area contributed by atoms with Crippen LogP contribution in [0.1, 0.15) is 56.2 Å². The van der Waals surface area contributed by atoms with E-state index in [4.69, 9.17) is 5.26 Å². The summed E-state index contributed by atoms with van der Waals surface area (Å²) < 4.78 is 0. The fourth-order valence-electron chi connectivity index (χ4n) is 2.80. The van der Waals surface area contributed by atoms with Crippen molar-refractivity contribution in [3.63, 3.8) is 0 Å². The van der Waals surface area contributed by atoms with Crippen molar-refractivity contribution >= 4 is 17.3 Å². The molecule has 0 aliphatic rings. The summed E-state index contributed by atoms with van der Waals surface area (Å²) in [4.78, 5) is 12.3. The van der Waals surface area contributed by atoms with E-state index in [2.05, 4.69) is 62.6 Å². The summed E-state index contributed by atoms with van der Waals surface area (Å²) >= 11 is 0. The molecule has 0 saturated carbocycles. The van der Waals surface area contributed by atoms with Gasteiger partial charge in [-0.3, -0.25) is 4.79 Å². The first-order valence-corrected chi connectivity index (χ1v) is 8.59. The van der Waals surface area contributed by atoms with E-state index in [1.54, 1.807) is 24.3 Å². The SMILES string of the molecule is CC(C)c1cccc(C(C)C)c1NCC(=O)Nc1cccc(C#N)c1. The van der Waals surface area contributed by atoms with Crippen LogP contribution in [-0.4, -0.2) is 12.5 Å². The number of anilines is 2. The first-order chi connectivity index (χ1) is 11.9. The summed E-state index contributed by atoms with van der Waals surface area (Å²) in [5.74, 6) is 0.608. The van der Waals surface area contributed by atoms with Crippen molar-refractivity contribution in [2.45, 2.75) is 39.5 Å². The van der Waals surface area contributed by atoms with Crippen LogP contribution in [0.4, 0.5) is 11.4 Å². The number of benzene rings is 2. The molecule has 0 saturated heterocycles. The van der Waals surface area contributed by atoms with Crippen molar-refractivity contribution in [3.05, 3.63) is 59.2 Å². The normalized spacial score (nSPS) is 10.6. The summed E-state index contributed by atoms with van der Waals surface area (Å²) in [6, 6.07) is 15.3. The summed E-state index contributed by atoms with van der Waals surface area (Å²) in [6.45, 7) is 8.78. The lowest BCUT2D eigenvalue weighted by atomic mass is 9.92. The van der Waals surface area contributed by atoms with Crippen LogP contribution in [0.25, 0.3) is 0 Å². The highest BCUT2D eigenvalue weighted by atomic mass is 16.1. The minimum atomic E-state index is -0.136. The zero-order valence-electron chi connectivity index (χ0n) is 15.3. The molecule has 0 heterocycles. The van der Waals surface area contributed by atoms with Gasteiger partial charge in [0.15, 0.2) is 0 Å². The highest BCUT2D eigenvalue weighted by Gasteiger charge is 2.14. The Morgan fingerprint density at radius 3 is 2.20 bits per heavy atom. The second-order valence-electron chi connectivity index (χ2n) is 6.72. The molecule has 0 atom stereocenters. The molecule has 2 aromatic rings. The van der Waals surface area contributed by atoms with Crippen LogP contribution < -0.4 is 10.6 Å². The lowest BCUT2D eigenvalue weighted by molar-refractivity contribution is -0.114. The molecule has 0 radical (unpaired) electrons. The second kappa shape index (κ2) is 8.34. The van der Waals surface area contributed by atoms with E-state index in [0.29, 0.717) is 23.1 Å². The molecule has 130 valence electrons. The van der Waals surface area contributed by atoms with E-state index in [1.807, 2.05) is 0 Å². The molecule has 0 fully saturated rings. The van der Waals surface area contributed by atoms with Gasteiger partial charge in [0.2, 0.25) is 5.91 Å². The van der Waals surface area contributed by atoms with E-state index in [0.717, 1.165) is 5.69 Å². The van der Waals surface area contributed by atoms with E-state index >= 15 is 0 Å². The molecule has 0 aliphatic heterocycles. The Morgan fingerprint density at radius 1 is 1.04 bits per heavy atom. The van der Waals surface area contributed by atoms with Gasteiger partial charge in [-0.1, -0.05) is 52.0 Å². The number of nitrogens with zero attached hydrogens (tertiary/aromatic N) is 1. The number of amides is 1. The van der Waals surface area contributed by atoms with Gasteiger partial charge in [-0.2, -0.15) is 5.26 Å². The van der Waals surface area contributed by atoms with Crippen molar-refractivity contribution < 1.29 is 4.79 Å². The Morgan fingerprint density at radius 2 is 1.64 bits per heavy atom. The number of rotatable bonds is 6. The Kier molecular flexibility index (Phi) is 6.19.